The lowest BCUT2D eigenvalue weighted by Crippen LogP contribution is -2.20. The molecule has 0 aliphatic carbocycles. The number of rotatable bonds is 4. The number of benzene rings is 1. The van der Waals surface area contributed by atoms with Gasteiger partial charge in [-0.3, -0.25) is 4.79 Å². The maximum atomic E-state index is 11.5. The van der Waals surface area contributed by atoms with Crippen LogP contribution in [0.5, 0.6) is 5.75 Å². The van der Waals surface area contributed by atoms with Crippen LogP contribution in [0.1, 0.15) is 5.56 Å². The minimum atomic E-state index is -0.307. The average Bonchev–Trinajstić information content (AvgIpc) is 2.80. The molecule has 1 aromatic carbocycles. The minimum absolute atomic E-state index is 0.102. The fourth-order valence-electron chi connectivity index (χ4n) is 1.37. The monoisotopic (exact) mass is 266 g/mol. The molecule has 1 amide bonds. The SMILES string of the molecule is Cc1cc(Cl)ccc1OCC(=O)Nc1ccon1. The van der Waals surface area contributed by atoms with E-state index in [1.54, 1.807) is 24.3 Å². The first-order valence-electron chi connectivity index (χ1n) is 5.24. The van der Waals surface area contributed by atoms with Crippen LogP contribution in [0.15, 0.2) is 35.1 Å². The molecule has 2 rings (SSSR count). The molecule has 0 fully saturated rings. The van der Waals surface area contributed by atoms with E-state index < -0.39 is 0 Å². The Morgan fingerprint density at radius 2 is 2.33 bits per heavy atom. The fourth-order valence-corrected chi connectivity index (χ4v) is 1.60. The Labute approximate surface area is 109 Å². The number of nitrogens with zero attached hydrogens (tertiary/aromatic N) is 1. The second-order valence-electron chi connectivity index (χ2n) is 3.63. The second-order valence-corrected chi connectivity index (χ2v) is 4.07. The first kappa shape index (κ1) is 12.4. The van der Waals surface area contributed by atoms with Crippen LogP contribution in [0.4, 0.5) is 5.82 Å². The van der Waals surface area contributed by atoms with Gasteiger partial charge in [0.05, 0.1) is 0 Å². The van der Waals surface area contributed by atoms with E-state index in [-0.39, 0.29) is 12.5 Å². The van der Waals surface area contributed by atoms with Gasteiger partial charge in [0.1, 0.15) is 12.0 Å². The highest BCUT2D eigenvalue weighted by atomic mass is 35.5. The van der Waals surface area contributed by atoms with E-state index in [9.17, 15) is 4.79 Å². The zero-order chi connectivity index (χ0) is 13.0. The van der Waals surface area contributed by atoms with Gasteiger partial charge >= 0.3 is 0 Å². The summed E-state index contributed by atoms with van der Waals surface area (Å²) in [5.41, 5.74) is 0.872. The summed E-state index contributed by atoms with van der Waals surface area (Å²) in [6.45, 7) is 1.76. The predicted molar refractivity (Wildman–Crippen MR) is 66.8 cm³/mol. The Hall–Kier alpha value is -2.01. The Morgan fingerprint density at radius 1 is 1.50 bits per heavy atom. The average molecular weight is 267 g/mol. The molecule has 0 aliphatic heterocycles. The smallest absolute Gasteiger partial charge is 0.263 e. The van der Waals surface area contributed by atoms with Gasteiger partial charge in [0.25, 0.3) is 5.91 Å². The van der Waals surface area contributed by atoms with Gasteiger partial charge in [-0.25, -0.2) is 0 Å². The molecule has 1 heterocycles. The van der Waals surface area contributed by atoms with Gasteiger partial charge in [-0.05, 0) is 30.7 Å². The molecule has 0 spiro atoms. The van der Waals surface area contributed by atoms with Crippen molar-refractivity contribution in [3.8, 4) is 5.75 Å². The predicted octanol–water partition coefficient (Wildman–Crippen LogP) is 2.65. The zero-order valence-electron chi connectivity index (χ0n) is 9.64. The first-order chi connectivity index (χ1) is 8.65. The number of anilines is 1. The van der Waals surface area contributed by atoms with E-state index in [4.69, 9.17) is 16.3 Å². The summed E-state index contributed by atoms with van der Waals surface area (Å²) in [5.74, 6) is 0.671. The van der Waals surface area contributed by atoms with Gasteiger partial charge < -0.3 is 14.6 Å². The molecule has 1 N–H and O–H groups in total. The van der Waals surface area contributed by atoms with Gasteiger partial charge in [0.15, 0.2) is 12.4 Å². The Morgan fingerprint density at radius 3 is 3.00 bits per heavy atom. The highest BCUT2D eigenvalue weighted by molar-refractivity contribution is 6.30. The van der Waals surface area contributed by atoms with Crippen molar-refractivity contribution in [1.29, 1.82) is 0 Å². The van der Waals surface area contributed by atoms with E-state index in [1.165, 1.54) is 6.26 Å². The number of carbonyl (C=O) groups excluding carboxylic acids is 1. The number of hydrogen-bond acceptors (Lipinski definition) is 4. The number of halogens is 1. The van der Waals surface area contributed by atoms with Crippen LogP contribution in [0, 0.1) is 6.92 Å². The molecule has 1 aromatic heterocycles. The molecule has 0 bridgehead atoms. The highest BCUT2D eigenvalue weighted by Crippen LogP contribution is 2.21. The number of aromatic nitrogens is 1. The largest absolute Gasteiger partial charge is 0.483 e. The third-order valence-corrected chi connectivity index (χ3v) is 2.44. The van der Waals surface area contributed by atoms with E-state index in [0.29, 0.717) is 16.6 Å². The van der Waals surface area contributed by atoms with Crippen molar-refractivity contribution in [2.75, 3.05) is 11.9 Å². The molecule has 0 radical (unpaired) electrons. The quantitative estimate of drug-likeness (QED) is 0.924. The molecule has 2 aromatic rings. The summed E-state index contributed by atoms with van der Waals surface area (Å²) in [6.07, 6.45) is 1.37. The number of hydrogen-bond donors (Lipinski definition) is 1. The van der Waals surface area contributed by atoms with Crippen LogP contribution in [0.25, 0.3) is 0 Å². The van der Waals surface area contributed by atoms with E-state index in [1.807, 2.05) is 6.92 Å². The van der Waals surface area contributed by atoms with Gasteiger partial charge in [0.2, 0.25) is 0 Å². The topological polar surface area (TPSA) is 64.4 Å². The van der Waals surface area contributed by atoms with Crippen molar-refractivity contribution in [2.45, 2.75) is 6.92 Å². The van der Waals surface area contributed by atoms with Crippen LogP contribution in [-0.2, 0) is 4.79 Å². The number of ether oxygens (including phenoxy) is 1. The molecule has 0 saturated carbocycles. The maximum Gasteiger partial charge on any atom is 0.263 e. The third kappa shape index (κ3) is 3.24. The molecular formula is C12H11ClN2O3. The molecule has 18 heavy (non-hydrogen) atoms. The van der Waals surface area contributed by atoms with E-state index >= 15 is 0 Å². The molecule has 0 aliphatic rings. The summed E-state index contributed by atoms with van der Waals surface area (Å²) in [4.78, 5) is 11.5. The van der Waals surface area contributed by atoms with E-state index in [0.717, 1.165) is 5.56 Å². The molecule has 0 atom stereocenters. The van der Waals surface area contributed by atoms with Gasteiger partial charge in [-0.2, -0.15) is 0 Å². The summed E-state index contributed by atoms with van der Waals surface area (Å²) >= 11 is 5.82. The second kappa shape index (κ2) is 5.55. The van der Waals surface area contributed by atoms with Crippen molar-refractivity contribution in [3.05, 3.63) is 41.1 Å². The van der Waals surface area contributed by atoms with Crippen molar-refractivity contribution in [2.24, 2.45) is 0 Å². The summed E-state index contributed by atoms with van der Waals surface area (Å²) < 4.78 is 9.96. The number of nitrogens with one attached hydrogen (secondary N) is 1. The fraction of sp³-hybridized carbons (Fsp3) is 0.167. The lowest BCUT2D eigenvalue weighted by molar-refractivity contribution is -0.118. The van der Waals surface area contributed by atoms with Gasteiger partial charge in [-0.1, -0.05) is 16.8 Å². The van der Waals surface area contributed by atoms with Crippen molar-refractivity contribution in [1.82, 2.24) is 5.16 Å². The molecule has 0 saturated heterocycles. The summed E-state index contributed by atoms with van der Waals surface area (Å²) in [6, 6.07) is 6.75. The Balaban J connectivity index is 1.89. The lowest BCUT2D eigenvalue weighted by atomic mass is 10.2. The van der Waals surface area contributed by atoms with Crippen LogP contribution in [0.2, 0.25) is 5.02 Å². The van der Waals surface area contributed by atoms with Crippen molar-refractivity contribution in [3.63, 3.8) is 0 Å². The number of aryl methyl sites for hydroxylation is 1. The van der Waals surface area contributed by atoms with Crippen LogP contribution in [0.3, 0.4) is 0 Å². The minimum Gasteiger partial charge on any atom is -0.483 e. The summed E-state index contributed by atoms with van der Waals surface area (Å²) in [5, 5.41) is 6.72. The van der Waals surface area contributed by atoms with Gasteiger partial charge in [-0.15, -0.1) is 0 Å². The molecule has 5 nitrogen and oxygen atoms in total. The van der Waals surface area contributed by atoms with Crippen molar-refractivity contribution >= 4 is 23.3 Å². The normalized spacial score (nSPS) is 10.1. The van der Waals surface area contributed by atoms with E-state index in [2.05, 4.69) is 15.0 Å². The molecule has 0 unspecified atom stereocenters. The molecular weight excluding hydrogens is 256 g/mol. The first-order valence-corrected chi connectivity index (χ1v) is 5.62. The van der Waals surface area contributed by atoms with Gasteiger partial charge in [0, 0.05) is 11.1 Å². The third-order valence-electron chi connectivity index (χ3n) is 2.20. The Bertz CT molecular complexity index is 540. The maximum absolute atomic E-state index is 11.5. The number of amides is 1. The van der Waals surface area contributed by atoms with Crippen LogP contribution < -0.4 is 10.1 Å². The molecule has 94 valence electrons. The van der Waals surface area contributed by atoms with Crippen LogP contribution >= 0.6 is 11.6 Å². The zero-order valence-corrected chi connectivity index (χ0v) is 10.4. The summed E-state index contributed by atoms with van der Waals surface area (Å²) in [7, 11) is 0. The van der Waals surface area contributed by atoms with Crippen molar-refractivity contribution < 1.29 is 14.1 Å². The molecule has 6 heteroatoms. The lowest BCUT2D eigenvalue weighted by Gasteiger charge is -2.08. The highest BCUT2D eigenvalue weighted by Gasteiger charge is 2.07. The standard InChI is InChI=1S/C12H11ClN2O3/c1-8-6-9(13)2-3-10(8)17-7-12(16)14-11-4-5-18-15-11/h2-6H,7H2,1H3,(H,14,15,16). The van der Waals surface area contributed by atoms with Crippen LogP contribution in [-0.4, -0.2) is 17.7 Å². The Kier molecular flexibility index (Phi) is 3.84. The number of carbonyl (C=O) groups is 1.